The van der Waals surface area contributed by atoms with E-state index in [4.69, 9.17) is 0 Å². The average molecular weight is 272 g/mol. The molecule has 3 nitrogen and oxygen atoms in total. The molecule has 2 aromatic heterocycles. The van der Waals surface area contributed by atoms with E-state index in [1.807, 2.05) is 54.6 Å². The summed E-state index contributed by atoms with van der Waals surface area (Å²) in [5, 5.41) is 0.637. The number of rotatable bonds is 1. The zero-order chi connectivity index (χ0) is 14.2. The van der Waals surface area contributed by atoms with E-state index in [0.29, 0.717) is 11.0 Å². The molecule has 0 spiro atoms. The van der Waals surface area contributed by atoms with Crippen LogP contribution in [0.25, 0.3) is 27.7 Å². The predicted molar refractivity (Wildman–Crippen MR) is 84.4 cm³/mol. The number of aromatic nitrogens is 2. The molecule has 0 atom stereocenters. The second-order valence-corrected chi connectivity index (χ2v) is 4.94. The Morgan fingerprint density at radius 1 is 0.810 bits per heavy atom. The van der Waals surface area contributed by atoms with Gasteiger partial charge in [0.2, 0.25) is 0 Å². The SMILES string of the molecule is O=c1c2ccc(-c3ccccc3)cc2nc2ccccn12. The van der Waals surface area contributed by atoms with Crippen molar-refractivity contribution in [2.45, 2.75) is 0 Å². The van der Waals surface area contributed by atoms with Crippen molar-refractivity contribution >= 4 is 16.6 Å². The topological polar surface area (TPSA) is 34.4 Å². The first-order valence-electron chi connectivity index (χ1n) is 6.79. The standard InChI is InChI=1S/C18H12N2O/c21-18-15-10-9-14(13-6-2-1-3-7-13)12-16(15)19-17-8-4-5-11-20(17)18/h1-12H. The number of pyridine rings is 1. The number of fused-ring (bicyclic) bond motifs is 2. The van der Waals surface area contributed by atoms with E-state index < -0.39 is 0 Å². The minimum absolute atomic E-state index is 0.0322. The third-order valence-electron chi connectivity index (χ3n) is 3.63. The van der Waals surface area contributed by atoms with Crippen LogP contribution in [-0.2, 0) is 0 Å². The van der Waals surface area contributed by atoms with Gasteiger partial charge >= 0.3 is 0 Å². The maximum Gasteiger partial charge on any atom is 0.265 e. The van der Waals surface area contributed by atoms with Gasteiger partial charge < -0.3 is 0 Å². The molecule has 2 heterocycles. The molecule has 0 amide bonds. The van der Waals surface area contributed by atoms with Crippen molar-refractivity contribution in [1.29, 1.82) is 0 Å². The molecule has 0 radical (unpaired) electrons. The van der Waals surface area contributed by atoms with Crippen LogP contribution in [0, 0.1) is 0 Å². The Balaban J connectivity index is 2.04. The Kier molecular flexibility index (Phi) is 2.57. The minimum Gasteiger partial charge on any atom is -0.268 e. The predicted octanol–water partition coefficient (Wildman–Crippen LogP) is 3.51. The molecule has 0 bridgehead atoms. The Labute approximate surface area is 121 Å². The molecule has 4 aromatic rings. The van der Waals surface area contributed by atoms with Crippen LogP contribution in [0.4, 0.5) is 0 Å². The van der Waals surface area contributed by atoms with Gasteiger partial charge in [-0.3, -0.25) is 9.20 Å². The largest absolute Gasteiger partial charge is 0.268 e. The Bertz CT molecular complexity index is 1000. The van der Waals surface area contributed by atoms with Gasteiger partial charge in [0.05, 0.1) is 10.9 Å². The monoisotopic (exact) mass is 272 g/mol. The van der Waals surface area contributed by atoms with E-state index in [1.54, 1.807) is 10.6 Å². The molecule has 0 N–H and O–H groups in total. The summed E-state index contributed by atoms with van der Waals surface area (Å²) in [7, 11) is 0. The van der Waals surface area contributed by atoms with Gasteiger partial charge in [-0.1, -0.05) is 42.5 Å². The van der Waals surface area contributed by atoms with Gasteiger partial charge in [0, 0.05) is 6.20 Å². The number of nitrogens with zero attached hydrogens (tertiary/aromatic N) is 2. The number of hydrogen-bond donors (Lipinski definition) is 0. The van der Waals surface area contributed by atoms with Crippen molar-refractivity contribution in [3.63, 3.8) is 0 Å². The highest BCUT2D eigenvalue weighted by Gasteiger charge is 2.06. The normalized spacial score (nSPS) is 11.0. The lowest BCUT2D eigenvalue weighted by Crippen LogP contribution is -2.14. The van der Waals surface area contributed by atoms with Gasteiger partial charge in [-0.15, -0.1) is 0 Å². The second kappa shape index (κ2) is 4.56. The van der Waals surface area contributed by atoms with E-state index in [-0.39, 0.29) is 5.56 Å². The lowest BCUT2D eigenvalue weighted by atomic mass is 10.0. The molecule has 2 aromatic carbocycles. The molecule has 0 saturated carbocycles. The molecule has 0 aliphatic rings. The van der Waals surface area contributed by atoms with Crippen LogP contribution in [0.3, 0.4) is 0 Å². The van der Waals surface area contributed by atoms with E-state index in [2.05, 4.69) is 17.1 Å². The molecule has 0 unspecified atom stereocenters. The smallest absolute Gasteiger partial charge is 0.265 e. The fourth-order valence-electron chi connectivity index (χ4n) is 2.57. The summed E-state index contributed by atoms with van der Waals surface area (Å²) in [6.45, 7) is 0. The fourth-order valence-corrected chi connectivity index (χ4v) is 2.57. The minimum atomic E-state index is -0.0322. The first kappa shape index (κ1) is 11.9. The first-order valence-corrected chi connectivity index (χ1v) is 6.79. The fraction of sp³-hybridized carbons (Fsp3) is 0. The van der Waals surface area contributed by atoms with Crippen LogP contribution >= 0.6 is 0 Å². The van der Waals surface area contributed by atoms with Gasteiger partial charge in [0.15, 0.2) is 0 Å². The van der Waals surface area contributed by atoms with Crippen LogP contribution in [0.2, 0.25) is 0 Å². The van der Waals surface area contributed by atoms with Gasteiger partial charge in [-0.2, -0.15) is 0 Å². The maximum absolute atomic E-state index is 12.5. The van der Waals surface area contributed by atoms with Gasteiger partial charge in [0.25, 0.3) is 5.56 Å². The van der Waals surface area contributed by atoms with E-state index in [1.165, 1.54) is 0 Å². The summed E-state index contributed by atoms with van der Waals surface area (Å²) < 4.78 is 1.57. The quantitative estimate of drug-likeness (QED) is 0.497. The van der Waals surface area contributed by atoms with Crippen LogP contribution < -0.4 is 5.56 Å². The van der Waals surface area contributed by atoms with Crippen LogP contribution in [0.15, 0.2) is 77.7 Å². The Morgan fingerprint density at radius 3 is 2.48 bits per heavy atom. The molecule has 4 rings (SSSR count). The molecule has 21 heavy (non-hydrogen) atoms. The summed E-state index contributed by atoms with van der Waals surface area (Å²) in [5.41, 5.74) is 3.55. The molecule has 0 fully saturated rings. The lowest BCUT2D eigenvalue weighted by molar-refractivity contribution is 1.08. The summed E-state index contributed by atoms with van der Waals surface area (Å²) in [6.07, 6.45) is 1.75. The van der Waals surface area contributed by atoms with Crippen LogP contribution in [-0.4, -0.2) is 9.38 Å². The molecular weight excluding hydrogens is 260 g/mol. The molecule has 3 heteroatoms. The van der Waals surface area contributed by atoms with Crippen molar-refractivity contribution in [2.75, 3.05) is 0 Å². The highest BCUT2D eigenvalue weighted by molar-refractivity contribution is 5.84. The highest BCUT2D eigenvalue weighted by atomic mass is 16.1. The lowest BCUT2D eigenvalue weighted by Gasteiger charge is -2.05. The summed E-state index contributed by atoms with van der Waals surface area (Å²) >= 11 is 0. The van der Waals surface area contributed by atoms with Crippen LogP contribution in [0.1, 0.15) is 0 Å². The van der Waals surface area contributed by atoms with E-state index in [0.717, 1.165) is 16.6 Å². The van der Waals surface area contributed by atoms with Crippen LogP contribution in [0.5, 0.6) is 0 Å². The Hall–Kier alpha value is -2.94. The van der Waals surface area contributed by atoms with Crippen molar-refractivity contribution < 1.29 is 0 Å². The summed E-state index contributed by atoms with van der Waals surface area (Å²) in [5.74, 6) is 0. The van der Waals surface area contributed by atoms with Gasteiger partial charge in [-0.05, 0) is 35.4 Å². The molecule has 0 saturated heterocycles. The summed E-state index contributed by atoms with van der Waals surface area (Å²) in [6, 6.07) is 21.4. The average Bonchev–Trinajstić information content (AvgIpc) is 2.55. The molecular formula is C18H12N2O. The van der Waals surface area contributed by atoms with Gasteiger partial charge in [0.1, 0.15) is 5.65 Å². The second-order valence-electron chi connectivity index (χ2n) is 4.94. The molecule has 100 valence electrons. The zero-order valence-corrected chi connectivity index (χ0v) is 11.2. The third kappa shape index (κ3) is 1.91. The van der Waals surface area contributed by atoms with E-state index >= 15 is 0 Å². The zero-order valence-electron chi connectivity index (χ0n) is 11.2. The number of benzene rings is 2. The van der Waals surface area contributed by atoms with Crippen molar-refractivity contribution in [1.82, 2.24) is 9.38 Å². The van der Waals surface area contributed by atoms with Gasteiger partial charge in [-0.25, -0.2) is 4.98 Å². The highest BCUT2D eigenvalue weighted by Crippen LogP contribution is 2.22. The first-order chi connectivity index (χ1) is 10.3. The molecule has 0 aliphatic heterocycles. The molecule has 0 aliphatic carbocycles. The van der Waals surface area contributed by atoms with Crippen molar-refractivity contribution in [3.8, 4) is 11.1 Å². The maximum atomic E-state index is 12.5. The summed E-state index contributed by atoms with van der Waals surface area (Å²) in [4.78, 5) is 17.0. The van der Waals surface area contributed by atoms with E-state index in [9.17, 15) is 4.79 Å². The Morgan fingerprint density at radius 2 is 1.62 bits per heavy atom. The van der Waals surface area contributed by atoms with Crippen molar-refractivity contribution in [2.24, 2.45) is 0 Å². The third-order valence-corrected chi connectivity index (χ3v) is 3.63. The van der Waals surface area contributed by atoms with Crippen molar-refractivity contribution in [3.05, 3.63) is 83.3 Å². The number of hydrogen-bond acceptors (Lipinski definition) is 2.